The molecule has 1 heterocycles. The first kappa shape index (κ1) is 26.2. The summed E-state index contributed by atoms with van der Waals surface area (Å²) in [5, 5.41) is 0. The summed E-state index contributed by atoms with van der Waals surface area (Å²) in [6, 6.07) is 17.9. The van der Waals surface area contributed by atoms with Crippen molar-refractivity contribution < 1.29 is 14.0 Å². The van der Waals surface area contributed by atoms with Crippen LogP contribution in [0.2, 0.25) is 0 Å². The van der Waals surface area contributed by atoms with Crippen molar-refractivity contribution in [1.82, 2.24) is 14.4 Å². The van der Waals surface area contributed by atoms with Crippen LogP contribution in [0.5, 0.6) is 0 Å². The second-order valence-corrected chi connectivity index (χ2v) is 9.32. The summed E-state index contributed by atoms with van der Waals surface area (Å²) >= 11 is 0. The molecule has 0 spiro atoms. The maximum Gasteiger partial charge on any atom is 0.254 e. The van der Waals surface area contributed by atoms with E-state index in [-0.39, 0.29) is 30.0 Å². The number of unbranched alkanes of at least 4 members (excludes halogenated alkanes) is 1. The first-order chi connectivity index (χ1) is 16.8. The number of benzene rings is 2. The zero-order chi connectivity index (χ0) is 25.4. The highest BCUT2D eigenvalue weighted by molar-refractivity contribution is 5.96. The van der Waals surface area contributed by atoms with Gasteiger partial charge in [-0.15, -0.1) is 0 Å². The van der Waals surface area contributed by atoms with E-state index < -0.39 is 5.82 Å². The molecule has 186 valence electrons. The van der Waals surface area contributed by atoms with Crippen LogP contribution in [0.15, 0.2) is 66.9 Å². The molecule has 0 saturated heterocycles. The summed E-state index contributed by atoms with van der Waals surface area (Å²) in [4.78, 5) is 29.9. The maximum atomic E-state index is 13.7. The molecule has 0 saturated carbocycles. The maximum absolute atomic E-state index is 13.7. The summed E-state index contributed by atoms with van der Waals surface area (Å²) in [7, 11) is 0. The predicted molar refractivity (Wildman–Crippen MR) is 138 cm³/mol. The molecule has 1 aromatic heterocycles. The Hall–Kier alpha value is -3.41. The molecule has 0 aliphatic rings. The Kier molecular flexibility index (Phi) is 9.24. The van der Waals surface area contributed by atoms with Gasteiger partial charge in [-0.3, -0.25) is 9.59 Å². The summed E-state index contributed by atoms with van der Waals surface area (Å²) in [6.07, 6.45) is 3.88. The highest BCUT2D eigenvalue weighted by Gasteiger charge is 2.25. The average Bonchev–Trinajstić information content (AvgIpc) is 3.25. The smallest absolute Gasteiger partial charge is 0.254 e. The largest absolute Gasteiger partial charge is 0.345 e. The van der Waals surface area contributed by atoms with Gasteiger partial charge in [-0.25, -0.2) is 4.39 Å². The first-order valence-electron chi connectivity index (χ1n) is 12.3. The van der Waals surface area contributed by atoms with Gasteiger partial charge >= 0.3 is 0 Å². The van der Waals surface area contributed by atoms with Crippen LogP contribution in [0.25, 0.3) is 0 Å². The summed E-state index contributed by atoms with van der Waals surface area (Å²) in [6.45, 7) is 9.68. The molecule has 0 atom stereocenters. The molecule has 3 rings (SSSR count). The lowest BCUT2D eigenvalue weighted by atomic mass is 10.1. The predicted octanol–water partition coefficient (Wildman–Crippen LogP) is 5.66. The molecular formula is C29H36FN3O2. The number of hydrogen-bond acceptors (Lipinski definition) is 2. The van der Waals surface area contributed by atoms with Crippen LogP contribution in [0, 0.1) is 12.7 Å². The number of carbonyl (C=O) groups excluding carboxylic acids is 2. The molecule has 6 heteroatoms. The molecule has 0 radical (unpaired) electrons. The van der Waals surface area contributed by atoms with Gasteiger partial charge in [0.1, 0.15) is 12.4 Å². The highest BCUT2D eigenvalue weighted by atomic mass is 19.1. The molecule has 35 heavy (non-hydrogen) atoms. The van der Waals surface area contributed by atoms with Crippen molar-refractivity contribution in [3.8, 4) is 0 Å². The minimum atomic E-state index is -0.468. The van der Waals surface area contributed by atoms with Crippen LogP contribution in [0.4, 0.5) is 4.39 Å². The molecule has 0 fully saturated rings. The van der Waals surface area contributed by atoms with Gasteiger partial charge in [0.15, 0.2) is 0 Å². The Morgan fingerprint density at radius 2 is 1.80 bits per heavy atom. The highest BCUT2D eigenvalue weighted by Crippen LogP contribution is 2.15. The van der Waals surface area contributed by atoms with Crippen molar-refractivity contribution >= 4 is 11.8 Å². The number of carbonyl (C=O) groups is 2. The van der Waals surface area contributed by atoms with Gasteiger partial charge in [0.05, 0.1) is 6.54 Å². The molecule has 2 aromatic carbocycles. The number of nitrogens with zero attached hydrogens (tertiary/aromatic N) is 3. The van der Waals surface area contributed by atoms with Gasteiger partial charge in [0.2, 0.25) is 5.91 Å². The lowest BCUT2D eigenvalue weighted by Gasteiger charge is -2.30. The zero-order valence-corrected chi connectivity index (χ0v) is 21.2. The third kappa shape index (κ3) is 7.28. The normalized spacial score (nSPS) is 11.0. The van der Waals surface area contributed by atoms with E-state index in [4.69, 9.17) is 0 Å². The third-order valence-corrected chi connectivity index (χ3v) is 6.11. The molecular weight excluding hydrogens is 441 g/mol. The average molecular weight is 478 g/mol. The Morgan fingerprint density at radius 1 is 1.03 bits per heavy atom. The Bertz CT molecular complexity index is 1140. The summed E-state index contributed by atoms with van der Waals surface area (Å²) in [5.74, 6) is -0.920. The van der Waals surface area contributed by atoms with Gasteiger partial charge < -0.3 is 14.4 Å². The van der Waals surface area contributed by atoms with Crippen LogP contribution in [-0.4, -0.2) is 45.3 Å². The van der Waals surface area contributed by atoms with E-state index in [2.05, 4.69) is 42.7 Å². The minimum absolute atomic E-state index is 0.0463. The van der Waals surface area contributed by atoms with E-state index in [0.29, 0.717) is 13.1 Å². The molecule has 3 aromatic rings. The number of aromatic nitrogens is 1. The molecule has 0 bridgehead atoms. The Morgan fingerprint density at radius 3 is 2.49 bits per heavy atom. The van der Waals surface area contributed by atoms with Crippen molar-refractivity contribution in [2.45, 2.75) is 59.7 Å². The van der Waals surface area contributed by atoms with Gasteiger partial charge in [-0.2, -0.15) is 0 Å². The zero-order valence-electron chi connectivity index (χ0n) is 21.2. The number of halogens is 1. The van der Waals surface area contributed by atoms with Crippen molar-refractivity contribution in [1.29, 1.82) is 0 Å². The second kappa shape index (κ2) is 12.3. The van der Waals surface area contributed by atoms with Crippen molar-refractivity contribution in [3.05, 3.63) is 95.1 Å². The fourth-order valence-corrected chi connectivity index (χ4v) is 4.11. The van der Waals surface area contributed by atoms with Crippen molar-refractivity contribution in [2.75, 3.05) is 13.1 Å². The number of aryl methyl sites for hydroxylation is 1. The molecule has 0 N–H and O–H groups in total. The topological polar surface area (TPSA) is 45.6 Å². The molecule has 2 amide bonds. The molecule has 0 aliphatic carbocycles. The van der Waals surface area contributed by atoms with Crippen molar-refractivity contribution in [2.24, 2.45) is 0 Å². The van der Waals surface area contributed by atoms with Gasteiger partial charge in [0.25, 0.3) is 5.91 Å². The monoisotopic (exact) mass is 477 g/mol. The van der Waals surface area contributed by atoms with Crippen LogP contribution < -0.4 is 0 Å². The number of hydrogen-bond donors (Lipinski definition) is 0. The van der Waals surface area contributed by atoms with Crippen LogP contribution in [0.1, 0.15) is 60.8 Å². The fourth-order valence-electron chi connectivity index (χ4n) is 4.11. The van der Waals surface area contributed by atoms with E-state index >= 15 is 0 Å². The van der Waals surface area contributed by atoms with E-state index in [1.54, 1.807) is 6.07 Å². The quantitative estimate of drug-likeness (QED) is 0.358. The van der Waals surface area contributed by atoms with Crippen LogP contribution in [0.3, 0.4) is 0 Å². The van der Waals surface area contributed by atoms with Crippen LogP contribution in [-0.2, 0) is 17.9 Å². The van der Waals surface area contributed by atoms with E-state index in [1.165, 1.54) is 34.2 Å². The molecule has 0 unspecified atom stereocenters. The molecule has 0 aliphatic heterocycles. The summed E-state index contributed by atoms with van der Waals surface area (Å²) in [5.41, 5.74) is 3.72. The van der Waals surface area contributed by atoms with Gasteiger partial charge in [-0.05, 0) is 63.1 Å². The van der Waals surface area contributed by atoms with E-state index in [9.17, 15) is 14.0 Å². The SMILES string of the molecule is CCCCN(Cc1cccn1Cc1cccc(C)c1)C(=O)CN(C(=O)c1cccc(F)c1)C(C)C. The van der Waals surface area contributed by atoms with Crippen molar-refractivity contribution in [3.63, 3.8) is 0 Å². The Labute approximate surface area is 208 Å². The fraction of sp³-hybridized carbons (Fsp3) is 0.379. The van der Waals surface area contributed by atoms with Crippen LogP contribution >= 0.6 is 0 Å². The third-order valence-electron chi connectivity index (χ3n) is 6.11. The lowest BCUT2D eigenvalue weighted by Crippen LogP contribution is -2.46. The van der Waals surface area contributed by atoms with Gasteiger partial charge in [-0.1, -0.05) is 49.2 Å². The Balaban J connectivity index is 1.77. The molecule has 5 nitrogen and oxygen atoms in total. The number of amides is 2. The lowest BCUT2D eigenvalue weighted by molar-refractivity contribution is -0.133. The standard InChI is InChI=1S/C29H36FN3O2/c1-5-6-15-32(20-27-14-9-16-31(27)19-24-11-7-10-23(4)17-24)28(34)21-33(22(2)3)29(35)25-12-8-13-26(30)18-25/h7-14,16-18,22H,5-6,15,19-21H2,1-4H3. The van der Waals surface area contributed by atoms with E-state index in [0.717, 1.165) is 25.1 Å². The number of rotatable bonds is 11. The first-order valence-corrected chi connectivity index (χ1v) is 12.3. The van der Waals surface area contributed by atoms with E-state index in [1.807, 2.05) is 37.1 Å². The minimum Gasteiger partial charge on any atom is -0.345 e. The van der Waals surface area contributed by atoms with Gasteiger partial charge in [0, 0.05) is 36.6 Å². The summed E-state index contributed by atoms with van der Waals surface area (Å²) < 4.78 is 15.9. The second-order valence-electron chi connectivity index (χ2n) is 9.32.